The lowest BCUT2D eigenvalue weighted by molar-refractivity contribution is -0.130. The number of ether oxygens (including phenoxy) is 2. The monoisotopic (exact) mass is 412 g/mol. The van der Waals surface area contributed by atoms with Gasteiger partial charge in [-0.2, -0.15) is 5.10 Å². The minimum Gasteiger partial charge on any atom is -0.376 e. The van der Waals surface area contributed by atoms with Crippen LogP contribution in [0.25, 0.3) is 0 Å². The molecule has 2 aliphatic rings. The smallest absolute Gasteiger partial charge is 0.254 e. The van der Waals surface area contributed by atoms with Gasteiger partial charge in [0.15, 0.2) is 0 Å². The Kier molecular flexibility index (Phi) is 7.15. The van der Waals surface area contributed by atoms with Crippen molar-refractivity contribution in [2.75, 3.05) is 31.6 Å². The van der Waals surface area contributed by atoms with E-state index in [0.29, 0.717) is 6.61 Å². The summed E-state index contributed by atoms with van der Waals surface area (Å²) >= 11 is 0. The molecule has 2 aliphatic heterocycles. The average molecular weight is 413 g/mol. The zero-order valence-corrected chi connectivity index (χ0v) is 17.7. The molecule has 3 heterocycles. The molecule has 162 valence electrons. The molecule has 3 atom stereocenters. The molecule has 7 nitrogen and oxygen atoms in total. The third-order valence-corrected chi connectivity index (χ3v) is 5.94. The van der Waals surface area contributed by atoms with E-state index in [2.05, 4.69) is 39.6 Å². The lowest BCUT2D eigenvalue weighted by atomic mass is 10.1. The van der Waals surface area contributed by atoms with Crippen molar-refractivity contribution in [3.05, 3.63) is 48.2 Å². The molecule has 2 aromatic rings. The third-order valence-electron chi connectivity index (χ3n) is 5.94. The molecule has 1 N–H and O–H groups in total. The van der Waals surface area contributed by atoms with Crippen LogP contribution in [0.4, 0.5) is 5.82 Å². The second-order valence-electron chi connectivity index (χ2n) is 8.28. The molecule has 0 radical (unpaired) electrons. The Labute approximate surface area is 178 Å². The summed E-state index contributed by atoms with van der Waals surface area (Å²) in [4.78, 5) is 15.1. The van der Waals surface area contributed by atoms with Crippen LogP contribution in [-0.4, -0.2) is 59.1 Å². The van der Waals surface area contributed by atoms with Crippen LogP contribution in [0.2, 0.25) is 0 Å². The van der Waals surface area contributed by atoms with Crippen LogP contribution in [0.5, 0.6) is 0 Å². The number of amides is 1. The Bertz CT molecular complexity index is 804. The van der Waals surface area contributed by atoms with E-state index >= 15 is 0 Å². The predicted molar refractivity (Wildman–Crippen MR) is 115 cm³/mol. The van der Waals surface area contributed by atoms with Crippen LogP contribution >= 0.6 is 0 Å². The van der Waals surface area contributed by atoms with Gasteiger partial charge in [-0.1, -0.05) is 30.3 Å². The summed E-state index contributed by atoms with van der Waals surface area (Å²) in [6.45, 7) is 5.92. The molecular weight excluding hydrogens is 380 g/mol. The summed E-state index contributed by atoms with van der Waals surface area (Å²) in [6, 6.07) is 12.6. The predicted octanol–water partition coefficient (Wildman–Crippen LogP) is 3.24. The van der Waals surface area contributed by atoms with Crippen molar-refractivity contribution in [3.63, 3.8) is 0 Å². The van der Waals surface area contributed by atoms with Crippen molar-refractivity contribution in [2.45, 2.75) is 57.4 Å². The topological polar surface area (TPSA) is 68.6 Å². The number of hydrogen-bond acceptors (Lipinski definition) is 5. The number of benzene rings is 1. The van der Waals surface area contributed by atoms with Gasteiger partial charge in [-0.15, -0.1) is 0 Å². The van der Waals surface area contributed by atoms with E-state index in [0.717, 1.165) is 57.7 Å². The maximum atomic E-state index is 12.6. The largest absolute Gasteiger partial charge is 0.376 e. The maximum Gasteiger partial charge on any atom is 0.254 e. The summed E-state index contributed by atoms with van der Waals surface area (Å²) in [5.74, 6) is 0.586. The zero-order chi connectivity index (χ0) is 20.8. The fourth-order valence-electron chi connectivity index (χ4n) is 4.20. The van der Waals surface area contributed by atoms with Gasteiger partial charge in [0, 0.05) is 32.3 Å². The first-order chi connectivity index (χ1) is 14.7. The highest BCUT2D eigenvalue weighted by molar-refractivity contribution is 5.93. The molecule has 7 heteroatoms. The molecule has 0 bridgehead atoms. The van der Waals surface area contributed by atoms with Crippen LogP contribution in [0, 0.1) is 0 Å². The number of aromatic nitrogens is 2. The number of nitrogens with one attached hydrogen (secondary N) is 1. The molecule has 2 saturated heterocycles. The van der Waals surface area contributed by atoms with Crippen LogP contribution < -0.4 is 5.32 Å². The second kappa shape index (κ2) is 10.2. The van der Waals surface area contributed by atoms with Gasteiger partial charge in [0.05, 0.1) is 24.9 Å². The summed E-state index contributed by atoms with van der Waals surface area (Å²) < 4.78 is 13.4. The van der Waals surface area contributed by atoms with Gasteiger partial charge in [0.1, 0.15) is 11.9 Å². The first-order valence-electron chi connectivity index (χ1n) is 11.0. The standard InChI is InChI=1S/C23H32N4O3/c1-18(30-17-21-9-5-6-14-29-21)23(28)25-22-10-12-24-27(22)20-11-13-26(16-20)15-19-7-3-2-4-8-19/h2-4,7-8,10,12,18,20-21H,5-6,9,11,13-17H2,1H3,(H,25,28)/t18-,20+,21+/m0/s1. The second-order valence-corrected chi connectivity index (χ2v) is 8.28. The van der Waals surface area contributed by atoms with Crippen molar-refractivity contribution >= 4 is 11.7 Å². The van der Waals surface area contributed by atoms with Crippen LogP contribution in [0.3, 0.4) is 0 Å². The molecule has 1 amide bonds. The number of anilines is 1. The molecule has 30 heavy (non-hydrogen) atoms. The van der Waals surface area contributed by atoms with E-state index in [4.69, 9.17) is 9.47 Å². The van der Waals surface area contributed by atoms with Crippen LogP contribution in [0.15, 0.2) is 42.6 Å². The SMILES string of the molecule is C[C@H](OC[C@H]1CCCCO1)C(=O)Nc1ccnn1[C@@H]1CCN(Cc2ccccc2)C1. The lowest BCUT2D eigenvalue weighted by Gasteiger charge is -2.24. The highest BCUT2D eigenvalue weighted by Gasteiger charge is 2.27. The third kappa shape index (κ3) is 5.47. The number of carbonyl (C=O) groups is 1. The fourth-order valence-corrected chi connectivity index (χ4v) is 4.20. The van der Waals surface area contributed by atoms with Gasteiger partial charge in [-0.05, 0) is 38.2 Å². The quantitative estimate of drug-likeness (QED) is 0.721. The number of likely N-dealkylation sites (tertiary alicyclic amines) is 1. The molecule has 4 rings (SSSR count). The summed E-state index contributed by atoms with van der Waals surface area (Å²) in [7, 11) is 0. The van der Waals surface area contributed by atoms with E-state index in [-0.39, 0.29) is 18.1 Å². The van der Waals surface area contributed by atoms with Crippen molar-refractivity contribution in [1.29, 1.82) is 0 Å². The Hall–Kier alpha value is -2.22. The summed E-state index contributed by atoms with van der Waals surface area (Å²) in [6.07, 6.45) is 5.61. The number of carbonyl (C=O) groups excluding carboxylic acids is 1. The van der Waals surface area contributed by atoms with Gasteiger partial charge >= 0.3 is 0 Å². The first kappa shape index (κ1) is 21.0. The Morgan fingerprint density at radius 3 is 2.93 bits per heavy atom. The molecular formula is C23H32N4O3. The van der Waals surface area contributed by atoms with Gasteiger partial charge in [-0.3, -0.25) is 9.69 Å². The molecule has 0 aliphatic carbocycles. The molecule has 2 fully saturated rings. The Morgan fingerprint density at radius 2 is 2.13 bits per heavy atom. The van der Waals surface area contributed by atoms with Crippen molar-refractivity contribution in [1.82, 2.24) is 14.7 Å². The zero-order valence-electron chi connectivity index (χ0n) is 17.7. The molecule has 1 aromatic carbocycles. The van der Waals surface area contributed by atoms with Crippen molar-refractivity contribution in [3.8, 4) is 0 Å². The molecule has 0 unspecified atom stereocenters. The van der Waals surface area contributed by atoms with E-state index < -0.39 is 6.10 Å². The van der Waals surface area contributed by atoms with Crippen molar-refractivity contribution in [2.24, 2.45) is 0 Å². The summed E-state index contributed by atoms with van der Waals surface area (Å²) in [5.41, 5.74) is 1.32. The van der Waals surface area contributed by atoms with Gasteiger partial charge in [0.25, 0.3) is 5.91 Å². The lowest BCUT2D eigenvalue weighted by Crippen LogP contribution is -2.33. The van der Waals surface area contributed by atoms with Crippen LogP contribution in [-0.2, 0) is 20.8 Å². The van der Waals surface area contributed by atoms with Gasteiger partial charge in [0.2, 0.25) is 0 Å². The van der Waals surface area contributed by atoms with E-state index in [1.165, 1.54) is 5.56 Å². The average Bonchev–Trinajstić information content (AvgIpc) is 3.42. The number of hydrogen-bond donors (Lipinski definition) is 1. The van der Waals surface area contributed by atoms with Crippen LogP contribution in [0.1, 0.15) is 44.2 Å². The van der Waals surface area contributed by atoms with E-state index in [1.54, 1.807) is 13.1 Å². The Morgan fingerprint density at radius 1 is 1.27 bits per heavy atom. The minimum atomic E-state index is -0.531. The fraction of sp³-hybridized carbons (Fsp3) is 0.565. The highest BCUT2D eigenvalue weighted by atomic mass is 16.5. The van der Waals surface area contributed by atoms with E-state index in [9.17, 15) is 4.79 Å². The van der Waals surface area contributed by atoms with Gasteiger partial charge < -0.3 is 14.8 Å². The molecule has 0 spiro atoms. The maximum absolute atomic E-state index is 12.6. The Balaban J connectivity index is 1.28. The number of rotatable bonds is 8. The van der Waals surface area contributed by atoms with Gasteiger partial charge in [-0.25, -0.2) is 4.68 Å². The van der Waals surface area contributed by atoms with Crippen molar-refractivity contribution < 1.29 is 14.3 Å². The highest BCUT2D eigenvalue weighted by Crippen LogP contribution is 2.26. The minimum absolute atomic E-state index is 0.105. The summed E-state index contributed by atoms with van der Waals surface area (Å²) in [5, 5.41) is 7.48. The molecule has 1 aromatic heterocycles. The van der Waals surface area contributed by atoms with E-state index in [1.807, 2.05) is 16.8 Å². The number of nitrogens with zero attached hydrogens (tertiary/aromatic N) is 3. The normalized spacial score (nSPS) is 23.4. The first-order valence-corrected chi connectivity index (χ1v) is 11.0. The molecule has 0 saturated carbocycles.